The molecule has 1 atom stereocenters. The first kappa shape index (κ1) is 12.8. The van der Waals surface area contributed by atoms with E-state index in [-0.39, 0.29) is 18.4 Å². The van der Waals surface area contributed by atoms with Gasteiger partial charge in [-0.25, -0.2) is 4.39 Å². The molecule has 2 aliphatic rings. The number of hydrogen-bond donors (Lipinski definition) is 3. The van der Waals surface area contributed by atoms with E-state index in [4.69, 9.17) is 0 Å². The normalized spacial score (nSPS) is 36.6. The van der Waals surface area contributed by atoms with Gasteiger partial charge in [0.25, 0.3) is 0 Å². The van der Waals surface area contributed by atoms with Crippen molar-refractivity contribution in [2.24, 2.45) is 0 Å². The van der Waals surface area contributed by atoms with Crippen LogP contribution in [0.2, 0.25) is 0 Å². The van der Waals surface area contributed by atoms with Crippen LogP contribution in [0.3, 0.4) is 0 Å². The van der Waals surface area contributed by atoms with E-state index in [1.54, 1.807) is 0 Å². The zero-order chi connectivity index (χ0) is 12.7. The minimum atomic E-state index is -1.15. The first-order chi connectivity index (χ1) is 7.85. The van der Waals surface area contributed by atoms with Crippen molar-refractivity contribution in [2.45, 2.75) is 68.9 Å². The first-order valence-electron chi connectivity index (χ1n) is 6.23. The highest BCUT2D eigenvalue weighted by atomic mass is 19.1. The summed E-state index contributed by atoms with van der Waals surface area (Å²) in [6.07, 6.45) is 1.65. The number of carbonyl (C=O) groups is 1. The molecule has 0 aliphatic heterocycles. The van der Waals surface area contributed by atoms with E-state index in [1.165, 1.54) is 6.92 Å². The number of amides is 1. The van der Waals surface area contributed by atoms with Crippen LogP contribution in [0.4, 0.5) is 4.39 Å². The van der Waals surface area contributed by atoms with Crippen LogP contribution in [0.1, 0.15) is 45.4 Å². The van der Waals surface area contributed by atoms with Gasteiger partial charge < -0.3 is 15.5 Å². The van der Waals surface area contributed by atoms with E-state index in [0.29, 0.717) is 25.7 Å². The highest BCUT2D eigenvalue weighted by Crippen LogP contribution is 2.50. The van der Waals surface area contributed by atoms with Crippen LogP contribution in [0.5, 0.6) is 0 Å². The van der Waals surface area contributed by atoms with Crippen molar-refractivity contribution in [3.63, 3.8) is 0 Å². The molecule has 2 rings (SSSR count). The predicted molar refractivity (Wildman–Crippen MR) is 60.1 cm³/mol. The van der Waals surface area contributed by atoms with Crippen molar-refractivity contribution in [1.82, 2.24) is 5.32 Å². The van der Waals surface area contributed by atoms with Gasteiger partial charge in [-0.05, 0) is 39.0 Å². The second-order valence-electron chi connectivity index (χ2n) is 5.57. The van der Waals surface area contributed by atoms with E-state index >= 15 is 0 Å². The average molecular weight is 245 g/mol. The molecular formula is C12H20FNO3. The van der Waals surface area contributed by atoms with Gasteiger partial charge in [-0.1, -0.05) is 0 Å². The van der Waals surface area contributed by atoms with Gasteiger partial charge in [0.15, 0.2) is 0 Å². The minimum absolute atomic E-state index is 0.129. The summed E-state index contributed by atoms with van der Waals surface area (Å²) in [4.78, 5) is 11.3. The molecule has 0 aromatic heterocycles. The molecule has 17 heavy (non-hydrogen) atoms. The van der Waals surface area contributed by atoms with Gasteiger partial charge in [0.1, 0.15) is 6.17 Å². The van der Waals surface area contributed by atoms with E-state index in [1.807, 2.05) is 0 Å². The van der Waals surface area contributed by atoms with Crippen LogP contribution >= 0.6 is 0 Å². The summed E-state index contributed by atoms with van der Waals surface area (Å²) < 4.78 is 12.6. The fraction of sp³-hybridized carbons (Fsp3) is 0.917. The molecule has 0 aromatic carbocycles. The molecule has 98 valence electrons. The van der Waals surface area contributed by atoms with Crippen LogP contribution in [0.25, 0.3) is 0 Å². The van der Waals surface area contributed by atoms with Crippen molar-refractivity contribution in [3.8, 4) is 0 Å². The Bertz CT molecular complexity index is 309. The molecule has 0 heterocycles. The highest BCUT2D eigenvalue weighted by molar-refractivity contribution is 5.76. The molecule has 0 radical (unpaired) electrons. The standard InChI is InChI=1S/C12H20FNO3/c1-8(13)5-10(15)14-9-6-12(17,7-9)11(16)3-2-4-11/h8-9,16-17H,2-7H2,1H3,(H,14,15). The van der Waals surface area contributed by atoms with Crippen LogP contribution in [-0.4, -0.2) is 39.5 Å². The van der Waals surface area contributed by atoms with E-state index in [0.717, 1.165) is 6.42 Å². The zero-order valence-corrected chi connectivity index (χ0v) is 10.1. The Balaban J connectivity index is 1.77. The molecule has 4 nitrogen and oxygen atoms in total. The predicted octanol–water partition coefficient (Wildman–Crippen LogP) is 0.659. The Kier molecular flexibility index (Phi) is 3.16. The van der Waals surface area contributed by atoms with Crippen molar-refractivity contribution in [3.05, 3.63) is 0 Å². The Labute approximate surface area is 100 Å². The summed E-state index contributed by atoms with van der Waals surface area (Å²) >= 11 is 0. The molecule has 1 unspecified atom stereocenters. The lowest BCUT2D eigenvalue weighted by atomic mass is 9.58. The summed E-state index contributed by atoms with van der Waals surface area (Å²) in [7, 11) is 0. The molecule has 1 amide bonds. The van der Waals surface area contributed by atoms with Crippen molar-refractivity contribution >= 4 is 5.91 Å². The molecule has 0 spiro atoms. The van der Waals surface area contributed by atoms with Crippen molar-refractivity contribution in [2.75, 3.05) is 0 Å². The maximum absolute atomic E-state index is 12.6. The van der Waals surface area contributed by atoms with Gasteiger partial charge in [-0.3, -0.25) is 4.79 Å². The number of nitrogens with one attached hydrogen (secondary N) is 1. The third-order valence-corrected chi connectivity index (χ3v) is 4.05. The minimum Gasteiger partial charge on any atom is -0.387 e. The van der Waals surface area contributed by atoms with Gasteiger partial charge in [-0.2, -0.15) is 0 Å². The summed E-state index contributed by atoms with van der Waals surface area (Å²) in [5.41, 5.74) is -2.01. The third kappa shape index (κ3) is 2.31. The number of carbonyl (C=O) groups excluding carboxylic acids is 1. The highest BCUT2D eigenvalue weighted by Gasteiger charge is 2.59. The molecule has 5 heteroatoms. The number of aliphatic hydroxyl groups is 2. The molecule has 3 N–H and O–H groups in total. The Hall–Kier alpha value is -0.680. The van der Waals surface area contributed by atoms with Gasteiger partial charge in [0.05, 0.1) is 17.6 Å². The monoisotopic (exact) mass is 245 g/mol. The number of alkyl halides is 1. The average Bonchev–Trinajstić information content (AvgIpc) is 2.09. The summed E-state index contributed by atoms with van der Waals surface area (Å²) in [6.45, 7) is 1.34. The fourth-order valence-corrected chi connectivity index (χ4v) is 2.76. The maximum atomic E-state index is 12.6. The van der Waals surface area contributed by atoms with Crippen LogP contribution in [-0.2, 0) is 4.79 Å². The zero-order valence-electron chi connectivity index (χ0n) is 10.1. The largest absolute Gasteiger partial charge is 0.387 e. The lowest BCUT2D eigenvalue weighted by Gasteiger charge is -2.57. The Morgan fingerprint density at radius 1 is 1.41 bits per heavy atom. The maximum Gasteiger partial charge on any atom is 0.223 e. The van der Waals surface area contributed by atoms with Gasteiger partial charge in [0.2, 0.25) is 5.91 Å². The van der Waals surface area contributed by atoms with Crippen LogP contribution in [0.15, 0.2) is 0 Å². The molecule has 2 saturated carbocycles. The van der Waals surface area contributed by atoms with Gasteiger partial charge in [-0.15, -0.1) is 0 Å². The second kappa shape index (κ2) is 4.21. The number of halogens is 1. The molecule has 0 bridgehead atoms. The fourth-order valence-electron chi connectivity index (χ4n) is 2.76. The topological polar surface area (TPSA) is 69.6 Å². The molecule has 2 fully saturated rings. The molecular weight excluding hydrogens is 225 g/mol. The Morgan fingerprint density at radius 2 is 2.00 bits per heavy atom. The second-order valence-corrected chi connectivity index (χ2v) is 5.57. The van der Waals surface area contributed by atoms with Crippen molar-refractivity contribution < 1.29 is 19.4 Å². The molecule has 0 saturated heterocycles. The first-order valence-corrected chi connectivity index (χ1v) is 6.23. The van der Waals surface area contributed by atoms with Gasteiger partial charge in [0, 0.05) is 6.04 Å². The van der Waals surface area contributed by atoms with E-state index in [9.17, 15) is 19.4 Å². The SMILES string of the molecule is CC(F)CC(=O)NC1CC(O)(C2(O)CCC2)C1. The van der Waals surface area contributed by atoms with Crippen LogP contribution < -0.4 is 5.32 Å². The summed E-state index contributed by atoms with van der Waals surface area (Å²) in [5.74, 6) is -0.326. The van der Waals surface area contributed by atoms with Crippen LogP contribution in [0, 0.1) is 0 Å². The lowest BCUT2D eigenvalue weighted by molar-refractivity contribution is -0.232. The number of hydrogen-bond acceptors (Lipinski definition) is 3. The number of rotatable bonds is 4. The van der Waals surface area contributed by atoms with E-state index in [2.05, 4.69) is 5.32 Å². The molecule has 2 aliphatic carbocycles. The molecule has 0 aromatic rings. The smallest absolute Gasteiger partial charge is 0.223 e. The Morgan fingerprint density at radius 3 is 2.41 bits per heavy atom. The third-order valence-electron chi connectivity index (χ3n) is 4.05. The summed E-state index contributed by atoms with van der Waals surface area (Å²) in [5, 5.41) is 22.9. The quantitative estimate of drug-likeness (QED) is 0.681. The lowest BCUT2D eigenvalue weighted by Crippen LogP contribution is -2.69. The van der Waals surface area contributed by atoms with Gasteiger partial charge >= 0.3 is 0 Å². The van der Waals surface area contributed by atoms with E-state index < -0.39 is 17.4 Å². The summed E-state index contributed by atoms with van der Waals surface area (Å²) in [6, 6.07) is -0.129. The van der Waals surface area contributed by atoms with Crippen molar-refractivity contribution in [1.29, 1.82) is 0 Å².